The lowest BCUT2D eigenvalue weighted by Crippen LogP contribution is -2.16. The zero-order valence-corrected chi connectivity index (χ0v) is 13.3. The number of fused-ring (bicyclic) bond motifs is 1. The second-order valence-electron chi connectivity index (χ2n) is 5.33. The third-order valence-corrected chi connectivity index (χ3v) is 3.52. The van der Waals surface area contributed by atoms with Gasteiger partial charge in [-0.25, -0.2) is 9.97 Å². The van der Waals surface area contributed by atoms with Crippen molar-refractivity contribution in [3.63, 3.8) is 0 Å². The number of methoxy groups -OCH3 is 1. The van der Waals surface area contributed by atoms with Gasteiger partial charge in [0.25, 0.3) is 5.91 Å². The maximum Gasteiger partial charge on any atom is 0.261 e. The molecule has 0 aliphatic heterocycles. The number of hydrogen-bond acceptors (Lipinski definition) is 4. The van der Waals surface area contributed by atoms with Crippen LogP contribution in [-0.4, -0.2) is 23.0 Å². The summed E-state index contributed by atoms with van der Waals surface area (Å²) in [5.41, 5.74) is 2.06. The first-order valence-corrected chi connectivity index (χ1v) is 7.27. The number of carbonyl (C=O) groups is 1. The number of hydrogen-bond donors (Lipinski definition) is 1. The second-order valence-corrected chi connectivity index (χ2v) is 5.33. The number of anilines is 1. The summed E-state index contributed by atoms with van der Waals surface area (Å²) in [4.78, 5) is 21.1. The highest BCUT2D eigenvalue weighted by Gasteiger charge is 2.15. The van der Waals surface area contributed by atoms with Gasteiger partial charge in [-0.3, -0.25) is 10.1 Å². The van der Waals surface area contributed by atoms with Crippen LogP contribution in [0.3, 0.4) is 0 Å². The summed E-state index contributed by atoms with van der Waals surface area (Å²) < 4.78 is 5.36. The topological polar surface area (TPSA) is 64.1 Å². The Balaban J connectivity index is 1.99. The third kappa shape index (κ3) is 3.13. The fourth-order valence-electron chi connectivity index (χ4n) is 2.52. The van der Waals surface area contributed by atoms with Crippen LogP contribution in [0.25, 0.3) is 10.8 Å². The molecule has 5 heteroatoms. The van der Waals surface area contributed by atoms with Crippen molar-refractivity contribution in [3.05, 3.63) is 59.4 Å². The summed E-state index contributed by atoms with van der Waals surface area (Å²) in [6, 6.07) is 13.3. The van der Waals surface area contributed by atoms with Gasteiger partial charge in [0, 0.05) is 11.4 Å². The summed E-state index contributed by atoms with van der Waals surface area (Å²) in [5.74, 6) is 0.519. The van der Waals surface area contributed by atoms with Crippen molar-refractivity contribution in [2.45, 2.75) is 13.8 Å². The molecule has 0 aliphatic rings. The van der Waals surface area contributed by atoms with Crippen molar-refractivity contribution < 1.29 is 9.53 Å². The van der Waals surface area contributed by atoms with E-state index in [1.807, 2.05) is 56.3 Å². The maximum atomic E-state index is 12.6. The van der Waals surface area contributed by atoms with E-state index >= 15 is 0 Å². The van der Waals surface area contributed by atoms with E-state index in [2.05, 4.69) is 15.3 Å². The number of nitrogens with zero attached hydrogens (tertiary/aromatic N) is 2. The van der Waals surface area contributed by atoms with Gasteiger partial charge in [-0.1, -0.05) is 24.3 Å². The van der Waals surface area contributed by atoms with Crippen LogP contribution in [0.5, 0.6) is 5.75 Å². The zero-order chi connectivity index (χ0) is 16.4. The van der Waals surface area contributed by atoms with Crippen LogP contribution in [0.1, 0.15) is 21.7 Å². The average molecular weight is 307 g/mol. The van der Waals surface area contributed by atoms with E-state index in [-0.39, 0.29) is 5.91 Å². The zero-order valence-electron chi connectivity index (χ0n) is 13.3. The van der Waals surface area contributed by atoms with E-state index in [1.54, 1.807) is 7.11 Å². The Morgan fingerprint density at radius 1 is 1.00 bits per heavy atom. The normalized spacial score (nSPS) is 10.6. The van der Waals surface area contributed by atoms with Crippen molar-refractivity contribution in [3.8, 4) is 5.75 Å². The molecule has 0 fully saturated rings. The van der Waals surface area contributed by atoms with Crippen LogP contribution in [-0.2, 0) is 0 Å². The number of benzene rings is 2. The van der Waals surface area contributed by atoms with Gasteiger partial charge >= 0.3 is 0 Å². The van der Waals surface area contributed by atoms with Crippen molar-refractivity contribution in [2.75, 3.05) is 12.4 Å². The molecule has 116 valence electrons. The smallest absolute Gasteiger partial charge is 0.261 e. The van der Waals surface area contributed by atoms with Gasteiger partial charge in [0.15, 0.2) is 0 Å². The lowest BCUT2D eigenvalue weighted by atomic mass is 10.1. The molecule has 0 bridgehead atoms. The van der Waals surface area contributed by atoms with Crippen LogP contribution >= 0.6 is 0 Å². The SMILES string of the molecule is COc1cc2ccccc2cc1C(=O)Nc1nc(C)cc(C)n1. The van der Waals surface area contributed by atoms with Gasteiger partial charge in [-0.15, -0.1) is 0 Å². The first kappa shape index (κ1) is 15.0. The minimum absolute atomic E-state index is 0.294. The van der Waals surface area contributed by atoms with E-state index in [4.69, 9.17) is 4.74 Å². The standard InChI is InChI=1S/C18H17N3O2/c1-11-8-12(2)20-18(19-11)21-17(22)15-9-13-6-4-5-7-14(13)10-16(15)23-3/h4-10H,1-3H3,(H,19,20,21,22). The van der Waals surface area contributed by atoms with Crippen LogP contribution < -0.4 is 10.1 Å². The van der Waals surface area contributed by atoms with Crippen molar-refractivity contribution in [2.24, 2.45) is 0 Å². The van der Waals surface area contributed by atoms with Crippen molar-refractivity contribution in [1.82, 2.24) is 9.97 Å². The predicted octanol–water partition coefficient (Wildman–Crippen LogP) is 3.51. The van der Waals surface area contributed by atoms with E-state index in [0.717, 1.165) is 22.2 Å². The monoisotopic (exact) mass is 307 g/mol. The second kappa shape index (κ2) is 6.04. The summed E-state index contributed by atoms with van der Waals surface area (Å²) in [6.45, 7) is 3.72. The van der Waals surface area contributed by atoms with Gasteiger partial charge in [-0.2, -0.15) is 0 Å². The number of nitrogens with one attached hydrogen (secondary N) is 1. The molecule has 0 unspecified atom stereocenters. The molecule has 3 rings (SSSR count). The van der Waals surface area contributed by atoms with E-state index in [1.165, 1.54) is 0 Å². The number of ether oxygens (including phenoxy) is 1. The molecule has 23 heavy (non-hydrogen) atoms. The van der Waals surface area contributed by atoms with Crippen LogP contribution in [0.15, 0.2) is 42.5 Å². The fourth-order valence-corrected chi connectivity index (χ4v) is 2.52. The third-order valence-electron chi connectivity index (χ3n) is 3.52. The first-order chi connectivity index (χ1) is 11.1. The number of amides is 1. The van der Waals surface area contributed by atoms with Crippen molar-refractivity contribution in [1.29, 1.82) is 0 Å². The highest BCUT2D eigenvalue weighted by molar-refractivity contribution is 6.08. The number of rotatable bonds is 3. The first-order valence-electron chi connectivity index (χ1n) is 7.27. The average Bonchev–Trinajstić information content (AvgIpc) is 2.52. The van der Waals surface area contributed by atoms with Crippen molar-refractivity contribution >= 4 is 22.6 Å². The lowest BCUT2D eigenvalue weighted by molar-refractivity contribution is 0.102. The molecule has 0 atom stereocenters. The molecule has 1 heterocycles. The van der Waals surface area contributed by atoms with Gasteiger partial charge in [0.2, 0.25) is 5.95 Å². The van der Waals surface area contributed by atoms with Gasteiger partial charge in [0.05, 0.1) is 12.7 Å². The minimum atomic E-state index is -0.294. The molecule has 0 saturated carbocycles. The summed E-state index contributed by atoms with van der Waals surface area (Å²) >= 11 is 0. The molecule has 0 saturated heterocycles. The van der Waals surface area contributed by atoms with Crippen LogP contribution in [0, 0.1) is 13.8 Å². The molecule has 2 aromatic carbocycles. The van der Waals surface area contributed by atoms with Crippen LogP contribution in [0.4, 0.5) is 5.95 Å². The molecule has 0 radical (unpaired) electrons. The predicted molar refractivity (Wildman–Crippen MR) is 90.0 cm³/mol. The molecule has 0 aliphatic carbocycles. The van der Waals surface area contributed by atoms with Crippen LogP contribution in [0.2, 0.25) is 0 Å². The molecule has 3 aromatic rings. The highest BCUT2D eigenvalue weighted by atomic mass is 16.5. The molecule has 5 nitrogen and oxygen atoms in total. The summed E-state index contributed by atoms with van der Waals surface area (Å²) in [7, 11) is 1.55. The van der Waals surface area contributed by atoms with Gasteiger partial charge in [-0.05, 0) is 42.8 Å². The van der Waals surface area contributed by atoms with E-state index in [0.29, 0.717) is 17.3 Å². The van der Waals surface area contributed by atoms with Gasteiger partial charge in [0.1, 0.15) is 5.75 Å². The fraction of sp³-hybridized carbons (Fsp3) is 0.167. The molecule has 1 aromatic heterocycles. The van der Waals surface area contributed by atoms with E-state index in [9.17, 15) is 4.79 Å². The Kier molecular flexibility index (Phi) is 3.93. The summed E-state index contributed by atoms with van der Waals surface area (Å²) in [6.07, 6.45) is 0. The summed E-state index contributed by atoms with van der Waals surface area (Å²) in [5, 5.41) is 4.73. The number of aromatic nitrogens is 2. The number of aryl methyl sites for hydroxylation is 2. The highest BCUT2D eigenvalue weighted by Crippen LogP contribution is 2.26. The largest absolute Gasteiger partial charge is 0.496 e. The van der Waals surface area contributed by atoms with Gasteiger partial charge < -0.3 is 4.74 Å². The lowest BCUT2D eigenvalue weighted by Gasteiger charge is -2.11. The molecule has 1 N–H and O–H groups in total. The maximum absolute atomic E-state index is 12.6. The molecule has 0 spiro atoms. The number of carbonyl (C=O) groups excluding carboxylic acids is 1. The Bertz CT molecular complexity index is 870. The Morgan fingerprint density at radius 3 is 2.22 bits per heavy atom. The molecule has 1 amide bonds. The minimum Gasteiger partial charge on any atom is -0.496 e. The Morgan fingerprint density at radius 2 is 1.61 bits per heavy atom. The Hall–Kier alpha value is -2.95. The van der Waals surface area contributed by atoms with E-state index < -0.39 is 0 Å². The quantitative estimate of drug-likeness (QED) is 0.804. The Labute approximate surface area is 134 Å². The molecular weight excluding hydrogens is 290 g/mol. The molecular formula is C18H17N3O2.